The van der Waals surface area contributed by atoms with Gasteiger partial charge in [0.1, 0.15) is 5.75 Å². The van der Waals surface area contributed by atoms with E-state index in [9.17, 15) is 4.79 Å². The van der Waals surface area contributed by atoms with Gasteiger partial charge in [-0.15, -0.1) is 0 Å². The second-order valence-electron chi connectivity index (χ2n) is 10.2. The minimum atomic E-state index is -0.214. The summed E-state index contributed by atoms with van der Waals surface area (Å²) in [5.41, 5.74) is 4.97. The van der Waals surface area contributed by atoms with Crippen LogP contribution in [0.25, 0.3) is 0 Å². The van der Waals surface area contributed by atoms with E-state index in [1.54, 1.807) is 31.4 Å². The molecule has 1 aliphatic rings. The number of amides is 1. The Balaban J connectivity index is 1.23. The zero-order chi connectivity index (χ0) is 31.3. The molecule has 0 spiro atoms. The van der Waals surface area contributed by atoms with Crippen LogP contribution in [-0.2, 0) is 4.79 Å². The van der Waals surface area contributed by atoms with Gasteiger partial charge in [-0.1, -0.05) is 47.5 Å². The van der Waals surface area contributed by atoms with Gasteiger partial charge in [0.15, 0.2) is 0 Å². The van der Waals surface area contributed by atoms with Crippen molar-refractivity contribution >= 4 is 69.7 Å². The minimum absolute atomic E-state index is 0.128. The molecular formula is C33H28Cl2N8O2. The number of hydrogen-bond donors (Lipinski definition) is 3. The summed E-state index contributed by atoms with van der Waals surface area (Å²) in [4.78, 5) is 26.2. The first-order valence-corrected chi connectivity index (χ1v) is 14.8. The molecule has 4 aromatic carbocycles. The van der Waals surface area contributed by atoms with Crippen molar-refractivity contribution in [2.75, 3.05) is 23.1 Å². The molecular weight excluding hydrogens is 611 g/mol. The topological polar surface area (TPSA) is 117 Å². The number of nitrogens with one attached hydrogen (secondary N) is 3. The Morgan fingerprint density at radius 1 is 0.756 bits per heavy atom. The number of aromatic nitrogens is 3. The highest BCUT2D eigenvalue weighted by molar-refractivity contribution is 6.30. The van der Waals surface area contributed by atoms with Crippen molar-refractivity contribution in [2.45, 2.75) is 19.4 Å². The number of hydrogen-bond acceptors (Lipinski definition) is 9. The van der Waals surface area contributed by atoms with Gasteiger partial charge in [-0.2, -0.15) is 20.1 Å². The Kier molecular flexibility index (Phi) is 8.77. The van der Waals surface area contributed by atoms with E-state index in [1.165, 1.54) is 11.9 Å². The molecule has 0 saturated heterocycles. The number of benzene rings is 4. The predicted molar refractivity (Wildman–Crippen MR) is 178 cm³/mol. The Bertz CT molecular complexity index is 1780. The summed E-state index contributed by atoms with van der Waals surface area (Å²) in [6.07, 6.45) is 0.576. The fraction of sp³-hybridized carbons (Fsp3) is 0.121. The standard InChI is InChI=1S/C33H28Cl2N8O2/c1-20(44)43-30(22-4-3-5-28(18-22)45-2)19-29(42-43)21-6-12-25(13-7-21)36-31-39-32(37-26-14-8-23(34)9-15-26)41-33(40-31)38-27-16-10-24(35)11-17-27/h3-18,30H,19H2,1-2H3,(H3,36,37,38,39,40,41). The van der Waals surface area contributed by atoms with Crippen molar-refractivity contribution in [3.8, 4) is 5.75 Å². The summed E-state index contributed by atoms with van der Waals surface area (Å²) in [7, 11) is 1.62. The molecule has 3 N–H and O–H groups in total. The van der Waals surface area contributed by atoms with E-state index in [4.69, 9.17) is 27.9 Å². The predicted octanol–water partition coefficient (Wildman–Crippen LogP) is 8.12. The maximum Gasteiger partial charge on any atom is 0.240 e. The van der Waals surface area contributed by atoms with Crippen LogP contribution >= 0.6 is 23.2 Å². The molecule has 2 heterocycles. The van der Waals surface area contributed by atoms with Gasteiger partial charge >= 0.3 is 0 Å². The molecule has 0 aliphatic carbocycles. The number of anilines is 6. The lowest BCUT2D eigenvalue weighted by Gasteiger charge is -2.20. The Labute approximate surface area is 270 Å². The molecule has 1 aliphatic heterocycles. The first-order valence-electron chi connectivity index (χ1n) is 14.0. The van der Waals surface area contributed by atoms with Gasteiger partial charge in [-0.25, -0.2) is 5.01 Å². The van der Waals surface area contributed by atoms with E-state index in [0.29, 0.717) is 34.3 Å². The Hall–Kier alpha value is -5.19. The van der Waals surface area contributed by atoms with E-state index >= 15 is 0 Å². The minimum Gasteiger partial charge on any atom is -0.497 e. The third-order valence-corrected chi connectivity index (χ3v) is 7.53. The third-order valence-electron chi connectivity index (χ3n) is 7.02. The van der Waals surface area contributed by atoms with Crippen molar-refractivity contribution in [1.29, 1.82) is 0 Å². The summed E-state index contributed by atoms with van der Waals surface area (Å²) in [6, 6.07) is 29.7. The molecule has 0 bridgehead atoms. The van der Waals surface area contributed by atoms with Gasteiger partial charge in [0.2, 0.25) is 23.8 Å². The van der Waals surface area contributed by atoms with Crippen LogP contribution in [0.2, 0.25) is 10.0 Å². The van der Waals surface area contributed by atoms with Crippen LogP contribution in [-0.4, -0.2) is 38.7 Å². The number of halogens is 2. The lowest BCUT2D eigenvalue weighted by Crippen LogP contribution is -2.24. The third kappa shape index (κ3) is 7.31. The van der Waals surface area contributed by atoms with Gasteiger partial charge in [0, 0.05) is 40.5 Å². The average molecular weight is 640 g/mol. The van der Waals surface area contributed by atoms with Crippen molar-refractivity contribution in [2.24, 2.45) is 5.10 Å². The first-order chi connectivity index (χ1) is 21.8. The van der Waals surface area contributed by atoms with Crippen molar-refractivity contribution in [1.82, 2.24) is 20.0 Å². The molecule has 0 saturated carbocycles. The quantitative estimate of drug-likeness (QED) is 0.148. The van der Waals surface area contributed by atoms with Gasteiger partial charge < -0.3 is 20.7 Å². The fourth-order valence-electron chi connectivity index (χ4n) is 4.83. The molecule has 12 heteroatoms. The van der Waals surface area contributed by atoms with Gasteiger partial charge in [0.25, 0.3) is 0 Å². The first kappa shape index (κ1) is 29.9. The van der Waals surface area contributed by atoms with Gasteiger partial charge in [-0.3, -0.25) is 4.79 Å². The maximum atomic E-state index is 12.5. The van der Waals surface area contributed by atoms with Gasteiger partial charge in [-0.05, 0) is 83.9 Å². The molecule has 226 valence electrons. The highest BCUT2D eigenvalue weighted by Gasteiger charge is 2.31. The van der Waals surface area contributed by atoms with E-state index in [0.717, 1.165) is 39.7 Å². The molecule has 0 radical (unpaired) electrons. The number of carbonyl (C=O) groups is 1. The van der Waals surface area contributed by atoms with Crippen LogP contribution in [0.3, 0.4) is 0 Å². The highest BCUT2D eigenvalue weighted by Crippen LogP contribution is 2.34. The van der Waals surface area contributed by atoms with Crippen molar-refractivity contribution < 1.29 is 9.53 Å². The number of nitrogens with zero attached hydrogens (tertiary/aromatic N) is 5. The maximum absolute atomic E-state index is 12.5. The molecule has 0 fully saturated rings. The van der Waals surface area contributed by atoms with Gasteiger partial charge in [0.05, 0.1) is 18.9 Å². The lowest BCUT2D eigenvalue weighted by molar-refractivity contribution is -0.130. The van der Waals surface area contributed by atoms with Crippen LogP contribution in [0.4, 0.5) is 34.9 Å². The summed E-state index contributed by atoms with van der Waals surface area (Å²) < 4.78 is 5.39. The number of methoxy groups -OCH3 is 1. The number of carbonyl (C=O) groups excluding carboxylic acids is 1. The SMILES string of the molecule is COc1cccc(C2CC(c3ccc(Nc4nc(Nc5ccc(Cl)cc5)nc(Nc5ccc(Cl)cc5)n4)cc3)=NN2C(C)=O)c1. The van der Waals surface area contributed by atoms with Crippen molar-refractivity contribution in [3.63, 3.8) is 0 Å². The second kappa shape index (κ2) is 13.2. The zero-order valence-corrected chi connectivity index (χ0v) is 25.8. The molecule has 1 unspecified atom stereocenters. The normalized spacial score (nSPS) is 14.1. The lowest BCUT2D eigenvalue weighted by atomic mass is 9.98. The van der Waals surface area contributed by atoms with Crippen LogP contribution in [0, 0.1) is 0 Å². The largest absolute Gasteiger partial charge is 0.497 e. The van der Waals surface area contributed by atoms with E-state index in [1.807, 2.05) is 72.8 Å². The molecule has 10 nitrogen and oxygen atoms in total. The molecule has 45 heavy (non-hydrogen) atoms. The van der Waals surface area contributed by atoms with Crippen molar-refractivity contribution in [3.05, 3.63) is 118 Å². The number of hydrazone groups is 1. The molecule has 1 amide bonds. The fourth-order valence-corrected chi connectivity index (χ4v) is 5.08. The van der Waals surface area contributed by atoms with Crippen LogP contribution in [0.5, 0.6) is 5.75 Å². The highest BCUT2D eigenvalue weighted by atomic mass is 35.5. The second-order valence-corrected chi connectivity index (χ2v) is 11.1. The zero-order valence-electron chi connectivity index (χ0n) is 24.3. The van der Waals surface area contributed by atoms with E-state index in [-0.39, 0.29) is 11.9 Å². The average Bonchev–Trinajstić information content (AvgIpc) is 3.50. The summed E-state index contributed by atoms with van der Waals surface area (Å²) in [5, 5.41) is 17.1. The van der Waals surface area contributed by atoms with E-state index < -0.39 is 0 Å². The summed E-state index contributed by atoms with van der Waals surface area (Å²) in [6.45, 7) is 1.52. The molecule has 1 aromatic heterocycles. The smallest absolute Gasteiger partial charge is 0.240 e. The molecule has 1 atom stereocenters. The molecule has 5 aromatic rings. The Morgan fingerprint density at radius 2 is 1.24 bits per heavy atom. The summed E-state index contributed by atoms with van der Waals surface area (Å²) in [5.74, 6) is 1.59. The number of ether oxygens (including phenoxy) is 1. The van der Waals surface area contributed by atoms with Crippen LogP contribution in [0.15, 0.2) is 102 Å². The summed E-state index contributed by atoms with van der Waals surface area (Å²) >= 11 is 12.1. The van der Waals surface area contributed by atoms with Crippen LogP contribution in [0.1, 0.15) is 30.5 Å². The number of rotatable bonds is 9. The molecule has 6 rings (SSSR count). The van der Waals surface area contributed by atoms with E-state index in [2.05, 4.69) is 36.0 Å². The Morgan fingerprint density at radius 3 is 1.71 bits per heavy atom. The van der Waals surface area contributed by atoms with Crippen LogP contribution < -0.4 is 20.7 Å². The monoisotopic (exact) mass is 638 g/mol.